The summed E-state index contributed by atoms with van der Waals surface area (Å²) in [7, 11) is 0. The second-order valence-electron chi connectivity index (χ2n) is 9.42. The Hall–Kier alpha value is -3.85. The summed E-state index contributed by atoms with van der Waals surface area (Å²) in [5.74, 6) is -5.96. The van der Waals surface area contributed by atoms with Crippen molar-refractivity contribution < 1.29 is 27.9 Å². The predicted octanol–water partition coefficient (Wildman–Crippen LogP) is 7.10. The first-order chi connectivity index (χ1) is 18.2. The topological polar surface area (TPSA) is 84.2 Å². The van der Waals surface area contributed by atoms with Gasteiger partial charge < -0.3 is 10.4 Å². The van der Waals surface area contributed by atoms with Gasteiger partial charge in [-0.3, -0.25) is 4.79 Å². The van der Waals surface area contributed by atoms with Gasteiger partial charge in [-0.05, 0) is 67.3 Å². The van der Waals surface area contributed by atoms with Crippen molar-refractivity contribution in [1.29, 1.82) is 0 Å². The lowest BCUT2D eigenvalue weighted by Crippen LogP contribution is -2.31. The van der Waals surface area contributed by atoms with E-state index in [1.807, 2.05) is 0 Å². The van der Waals surface area contributed by atoms with Gasteiger partial charge in [0.05, 0.1) is 34.1 Å². The Bertz CT molecular complexity index is 1530. The Balaban J connectivity index is 1.67. The molecule has 10 heteroatoms. The second kappa shape index (κ2) is 10.5. The lowest BCUT2D eigenvalue weighted by molar-refractivity contribution is -0.119. The minimum absolute atomic E-state index is 0.166. The quantitative estimate of drug-likeness (QED) is 0.273. The monoisotopic (exact) mass is 541 g/mol. The molecule has 1 atom stereocenters. The maximum absolute atomic E-state index is 14.8. The highest BCUT2D eigenvalue weighted by molar-refractivity contribution is 6.30. The van der Waals surface area contributed by atoms with Crippen molar-refractivity contribution in [3.8, 4) is 5.69 Å². The van der Waals surface area contributed by atoms with E-state index in [-0.39, 0.29) is 28.1 Å². The molecule has 0 radical (unpaired) electrons. The number of carboxylic acids is 1. The minimum Gasteiger partial charge on any atom is -0.478 e. The lowest BCUT2D eigenvalue weighted by Gasteiger charge is -2.30. The first kappa shape index (κ1) is 25.8. The number of amides is 1. The van der Waals surface area contributed by atoms with Crippen LogP contribution in [0.15, 0.2) is 54.6 Å². The molecule has 0 aliphatic heterocycles. The van der Waals surface area contributed by atoms with Gasteiger partial charge >= 0.3 is 5.97 Å². The molecule has 1 fully saturated rings. The Morgan fingerprint density at radius 2 is 1.63 bits per heavy atom. The molecular formula is C28H23ClF3N3O3. The van der Waals surface area contributed by atoms with E-state index in [4.69, 9.17) is 16.7 Å². The number of fused-ring (bicyclic) bond motifs is 1. The molecule has 1 aliphatic rings. The molecule has 6 nitrogen and oxygen atoms in total. The molecular weight excluding hydrogens is 519 g/mol. The number of carbonyl (C=O) groups excluding carboxylic acids is 1. The van der Waals surface area contributed by atoms with Gasteiger partial charge in [0.2, 0.25) is 5.91 Å². The van der Waals surface area contributed by atoms with Gasteiger partial charge in [0.15, 0.2) is 11.6 Å². The average Bonchev–Trinajstić information content (AvgIpc) is 3.24. The van der Waals surface area contributed by atoms with Crippen LogP contribution in [-0.2, 0) is 4.79 Å². The summed E-state index contributed by atoms with van der Waals surface area (Å²) in [6.07, 6.45) is 4.18. The summed E-state index contributed by atoms with van der Waals surface area (Å²) >= 11 is 6.06. The maximum Gasteiger partial charge on any atom is 0.335 e. The zero-order valence-electron chi connectivity index (χ0n) is 20.1. The van der Waals surface area contributed by atoms with Gasteiger partial charge in [-0.25, -0.2) is 22.6 Å². The van der Waals surface area contributed by atoms with Crippen LogP contribution in [-0.4, -0.2) is 26.8 Å². The predicted molar refractivity (Wildman–Crippen MR) is 137 cm³/mol. The molecule has 38 heavy (non-hydrogen) atoms. The number of aromatic nitrogens is 2. The molecule has 0 spiro atoms. The Morgan fingerprint density at radius 3 is 2.29 bits per heavy atom. The number of rotatable bonds is 6. The van der Waals surface area contributed by atoms with Crippen molar-refractivity contribution in [2.24, 2.45) is 5.92 Å². The number of carbonyl (C=O) groups is 2. The summed E-state index contributed by atoms with van der Waals surface area (Å²) in [5, 5.41) is 17.0. The molecule has 1 heterocycles. The standard InChI is InChI=1S/C28H23ClF3N3O3/c29-17-7-9-18(10-8-17)35-26(19-13-20(30)21(31)14-24(19)34-35)25(15-4-2-1-3-5-15)27(36)33-23-11-6-16(28(37)38)12-22(23)32/h6-15,25H,1-5H2,(H,33,36)(H,37,38). The van der Waals surface area contributed by atoms with Gasteiger partial charge in [-0.1, -0.05) is 30.9 Å². The third kappa shape index (κ3) is 4.98. The third-order valence-corrected chi connectivity index (χ3v) is 7.25. The fraction of sp³-hybridized carbons (Fsp3) is 0.250. The molecule has 5 rings (SSSR count). The van der Waals surface area contributed by atoms with E-state index in [0.29, 0.717) is 29.2 Å². The summed E-state index contributed by atoms with van der Waals surface area (Å²) in [4.78, 5) is 25.1. The Kier molecular flexibility index (Phi) is 7.12. The van der Waals surface area contributed by atoms with Crippen molar-refractivity contribution in [2.45, 2.75) is 38.0 Å². The van der Waals surface area contributed by atoms with Crippen LogP contribution in [0.3, 0.4) is 0 Å². The van der Waals surface area contributed by atoms with Gasteiger partial charge in [0.1, 0.15) is 5.82 Å². The molecule has 4 aromatic rings. The Morgan fingerprint density at radius 1 is 0.947 bits per heavy atom. The van der Waals surface area contributed by atoms with Crippen LogP contribution >= 0.6 is 11.6 Å². The van der Waals surface area contributed by atoms with Crippen molar-refractivity contribution in [3.63, 3.8) is 0 Å². The van der Waals surface area contributed by atoms with Crippen LogP contribution in [0.1, 0.15) is 54.1 Å². The highest BCUT2D eigenvalue weighted by Gasteiger charge is 2.36. The minimum atomic E-state index is -1.30. The molecule has 1 aliphatic carbocycles. The van der Waals surface area contributed by atoms with E-state index in [1.165, 1.54) is 16.8 Å². The number of hydrogen-bond donors (Lipinski definition) is 2. The molecule has 3 aromatic carbocycles. The van der Waals surface area contributed by atoms with E-state index in [0.717, 1.165) is 37.5 Å². The molecule has 196 valence electrons. The summed E-state index contributed by atoms with van der Waals surface area (Å²) in [6, 6.07) is 11.9. The van der Waals surface area contributed by atoms with E-state index >= 15 is 0 Å². The van der Waals surface area contributed by atoms with Crippen LogP contribution < -0.4 is 5.32 Å². The van der Waals surface area contributed by atoms with E-state index in [9.17, 15) is 22.8 Å². The van der Waals surface area contributed by atoms with Gasteiger partial charge in [-0.15, -0.1) is 0 Å². The van der Waals surface area contributed by atoms with Crippen LogP contribution in [0.25, 0.3) is 16.6 Å². The second-order valence-corrected chi connectivity index (χ2v) is 9.86. The van der Waals surface area contributed by atoms with Crippen LogP contribution in [0.4, 0.5) is 18.9 Å². The first-order valence-electron chi connectivity index (χ1n) is 12.2. The first-order valence-corrected chi connectivity index (χ1v) is 12.6. The molecule has 0 saturated heterocycles. The fourth-order valence-corrected chi connectivity index (χ4v) is 5.29. The Labute approximate surface area is 221 Å². The molecule has 1 amide bonds. The fourth-order valence-electron chi connectivity index (χ4n) is 5.17. The van der Waals surface area contributed by atoms with Crippen LogP contribution in [0.2, 0.25) is 5.02 Å². The third-order valence-electron chi connectivity index (χ3n) is 6.99. The number of anilines is 1. The molecule has 1 saturated carbocycles. The van der Waals surface area contributed by atoms with Gasteiger partial charge in [-0.2, -0.15) is 5.10 Å². The molecule has 1 unspecified atom stereocenters. The van der Waals surface area contributed by atoms with Gasteiger partial charge in [0.25, 0.3) is 0 Å². The number of hydrogen-bond acceptors (Lipinski definition) is 3. The SMILES string of the molecule is O=C(O)c1ccc(NC(=O)C(c2c3cc(F)c(F)cc3nn2-c2ccc(Cl)cc2)C2CCCCC2)c(F)c1. The maximum atomic E-state index is 14.8. The highest BCUT2D eigenvalue weighted by atomic mass is 35.5. The molecule has 1 aromatic heterocycles. The zero-order valence-corrected chi connectivity index (χ0v) is 20.8. The number of nitrogens with one attached hydrogen (secondary N) is 1. The van der Waals surface area contributed by atoms with E-state index in [2.05, 4.69) is 10.4 Å². The number of halogens is 4. The summed E-state index contributed by atoms with van der Waals surface area (Å²) in [5.41, 5.74) is 0.619. The number of nitrogens with zero attached hydrogens (tertiary/aromatic N) is 2. The van der Waals surface area contributed by atoms with Crippen LogP contribution in [0, 0.1) is 23.4 Å². The average molecular weight is 542 g/mol. The number of aromatic carboxylic acids is 1. The van der Waals surface area contributed by atoms with Crippen molar-refractivity contribution in [3.05, 3.63) is 88.3 Å². The van der Waals surface area contributed by atoms with Crippen molar-refractivity contribution in [2.75, 3.05) is 5.32 Å². The van der Waals surface area contributed by atoms with E-state index in [1.54, 1.807) is 24.3 Å². The number of benzene rings is 3. The molecule has 2 N–H and O–H groups in total. The normalized spacial score (nSPS) is 14.9. The summed E-state index contributed by atoms with van der Waals surface area (Å²) < 4.78 is 44.9. The van der Waals surface area contributed by atoms with E-state index < -0.39 is 35.2 Å². The van der Waals surface area contributed by atoms with Crippen LogP contribution in [0.5, 0.6) is 0 Å². The zero-order chi connectivity index (χ0) is 27.0. The smallest absolute Gasteiger partial charge is 0.335 e. The van der Waals surface area contributed by atoms with Crippen molar-refractivity contribution >= 4 is 40.1 Å². The largest absolute Gasteiger partial charge is 0.478 e. The lowest BCUT2D eigenvalue weighted by atomic mass is 9.77. The van der Waals surface area contributed by atoms with Crippen molar-refractivity contribution in [1.82, 2.24) is 9.78 Å². The molecule has 0 bridgehead atoms. The highest BCUT2D eigenvalue weighted by Crippen LogP contribution is 2.41. The van der Waals surface area contributed by atoms with Gasteiger partial charge in [0, 0.05) is 16.5 Å². The summed E-state index contributed by atoms with van der Waals surface area (Å²) in [6.45, 7) is 0. The number of carboxylic acid groups (broad SMARTS) is 1.